The van der Waals surface area contributed by atoms with E-state index in [2.05, 4.69) is 93.7 Å². The van der Waals surface area contributed by atoms with Gasteiger partial charge in [0.05, 0.1) is 0 Å². The molecule has 0 bridgehead atoms. The van der Waals surface area contributed by atoms with E-state index in [1.807, 2.05) is 0 Å². The summed E-state index contributed by atoms with van der Waals surface area (Å²) in [4.78, 5) is 37.7. The van der Waals surface area contributed by atoms with Crippen LogP contribution in [-0.4, -0.2) is 37.2 Å². The summed E-state index contributed by atoms with van der Waals surface area (Å²) < 4.78 is 16.7. The zero-order valence-electron chi connectivity index (χ0n) is 37.8. The molecule has 0 aliphatic carbocycles. The van der Waals surface area contributed by atoms with E-state index in [1.54, 1.807) is 0 Å². The predicted octanol–water partition coefficient (Wildman–Crippen LogP) is 15.5. The molecule has 332 valence electrons. The van der Waals surface area contributed by atoms with E-state index in [9.17, 15) is 14.4 Å². The summed E-state index contributed by atoms with van der Waals surface area (Å²) in [6, 6.07) is 0. The molecule has 0 amide bonds. The lowest BCUT2D eigenvalue weighted by molar-refractivity contribution is -0.167. The number of hydrogen-bond donors (Lipinski definition) is 0. The van der Waals surface area contributed by atoms with Gasteiger partial charge in [-0.3, -0.25) is 14.4 Å². The fourth-order valence-corrected chi connectivity index (χ4v) is 6.30. The lowest BCUT2D eigenvalue weighted by Crippen LogP contribution is -2.30. The molecular formula is C52H88O6. The maximum absolute atomic E-state index is 12.7. The summed E-state index contributed by atoms with van der Waals surface area (Å²) in [5, 5.41) is 0. The third-order valence-electron chi connectivity index (χ3n) is 9.94. The summed E-state index contributed by atoms with van der Waals surface area (Å²) in [5.41, 5.74) is 0. The molecular weight excluding hydrogens is 721 g/mol. The fraction of sp³-hybridized carbons (Fsp3) is 0.712. The lowest BCUT2D eigenvalue weighted by atomic mass is 10.1. The predicted molar refractivity (Wildman–Crippen MR) is 247 cm³/mol. The molecule has 0 aromatic heterocycles. The van der Waals surface area contributed by atoms with Crippen molar-refractivity contribution in [3.05, 3.63) is 72.9 Å². The van der Waals surface area contributed by atoms with Crippen molar-refractivity contribution in [3.8, 4) is 0 Å². The summed E-state index contributed by atoms with van der Waals surface area (Å²) >= 11 is 0. The standard InChI is InChI=1S/C52H88O6/c1-4-7-10-13-16-19-22-23-24-25-26-27-28-29-31-33-36-39-42-45-51(54)57-48-49(47-56-50(53)44-41-38-35-32-21-18-15-12-9-6-3)58-52(55)46-43-40-37-34-30-20-17-14-11-8-5-2/h7,10,14-20,23-24,30,49H,4-6,8-9,11-13,21-22,25-29,31-48H2,1-3H3/b10-7-,17-14-,18-15-,19-16-,24-23-,30-20-. The number of unbranched alkanes of at least 4 members (excludes halogenated alkanes) is 20. The van der Waals surface area contributed by atoms with Gasteiger partial charge in [-0.2, -0.15) is 0 Å². The van der Waals surface area contributed by atoms with Gasteiger partial charge in [0.2, 0.25) is 0 Å². The van der Waals surface area contributed by atoms with Crippen LogP contribution < -0.4 is 0 Å². The van der Waals surface area contributed by atoms with Gasteiger partial charge < -0.3 is 14.2 Å². The van der Waals surface area contributed by atoms with Crippen LogP contribution in [0, 0.1) is 0 Å². The Kier molecular flexibility index (Phi) is 44.0. The third kappa shape index (κ3) is 44.0. The molecule has 0 saturated carbocycles. The van der Waals surface area contributed by atoms with Crippen LogP contribution in [0.15, 0.2) is 72.9 Å². The molecule has 0 aromatic carbocycles. The number of allylic oxidation sites excluding steroid dienone is 12. The van der Waals surface area contributed by atoms with Gasteiger partial charge in [-0.05, 0) is 89.9 Å². The minimum absolute atomic E-state index is 0.0933. The second-order valence-corrected chi connectivity index (χ2v) is 15.7. The number of ether oxygens (including phenoxy) is 3. The van der Waals surface area contributed by atoms with Crippen molar-refractivity contribution in [3.63, 3.8) is 0 Å². The molecule has 0 N–H and O–H groups in total. The molecule has 1 atom stereocenters. The molecule has 1 unspecified atom stereocenters. The lowest BCUT2D eigenvalue weighted by Gasteiger charge is -2.18. The van der Waals surface area contributed by atoms with E-state index in [0.717, 1.165) is 109 Å². The smallest absolute Gasteiger partial charge is 0.306 e. The van der Waals surface area contributed by atoms with Crippen LogP contribution in [0.3, 0.4) is 0 Å². The average Bonchev–Trinajstić information content (AvgIpc) is 3.22. The van der Waals surface area contributed by atoms with Crippen LogP contribution in [0.1, 0.15) is 220 Å². The minimum Gasteiger partial charge on any atom is -0.462 e. The van der Waals surface area contributed by atoms with Crippen LogP contribution >= 0.6 is 0 Å². The van der Waals surface area contributed by atoms with E-state index >= 15 is 0 Å². The van der Waals surface area contributed by atoms with Crippen molar-refractivity contribution >= 4 is 17.9 Å². The van der Waals surface area contributed by atoms with Gasteiger partial charge in [0.1, 0.15) is 13.2 Å². The molecule has 0 heterocycles. The molecule has 58 heavy (non-hydrogen) atoms. The fourth-order valence-electron chi connectivity index (χ4n) is 6.30. The molecule has 0 aliphatic heterocycles. The van der Waals surface area contributed by atoms with Gasteiger partial charge in [-0.1, -0.05) is 184 Å². The van der Waals surface area contributed by atoms with Gasteiger partial charge in [0.15, 0.2) is 6.10 Å². The molecule has 6 heteroatoms. The zero-order chi connectivity index (χ0) is 42.3. The van der Waals surface area contributed by atoms with Gasteiger partial charge in [-0.25, -0.2) is 0 Å². The van der Waals surface area contributed by atoms with Crippen LogP contribution in [0.2, 0.25) is 0 Å². The van der Waals surface area contributed by atoms with Crippen molar-refractivity contribution in [2.24, 2.45) is 0 Å². The molecule has 0 aliphatic rings. The number of carbonyl (C=O) groups is 3. The van der Waals surface area contributed by atoms with E-state index in [-0.39, 0.29) is 31.1 Å². The van der Waals surface area contributed by atoms with Crippen LogP contribution in [0.25, 0.3) is 0 Å². The Morgan fingerprint density at radius 2 is 0.724 bits per heavy atom. The Balaban J connectivity index is 4.34. The highest BCUT2D eigenvalue weighted by Crippen LogP contribution is 2.14. The van der Waals surface area contributed by atoms with Crippen molar-refractivity contribution in [2.45, 2.75) is 226 Å². The van der Waals surface area contributed by atoms with Gasteiger partial charge in [0, 0.05) is 19.3 Å². The van der Waals surface area contributed by atoms with E-state index in [1.165, 1.54) is 70.6 Å². The quantitative estimate of drug-likeness (QED) is 0.0201. The highest BCUT2D eigenvalue weighted by Gasteiger charge is 2.19. The largest absolute Gasteiger partial charge is 0.462 e. The second-order valence-electron chi connectivity index (χ2n) is 15.7. The summed E-state index contributed by atoms with van der Waals surface area (Å²) in [5.74, 6) is -0.945. The van der Waals surface area contributed by atoms with Crippen LogP contribution in [0.4, 0.5) is 0 Å². The zero-order valence-corrected chi connectivity index (χ0v) is 37.8. The first-order valence-electron chi connectivity index (χ1n) is 24.0. The van der Waals surface area contributed by atoms with Crippen molar-refractivity contribution < 1.29 is 28.6 Å². The molecule has 0 fully saturated rings. The summed E-state index contributed by atoms with van der Waals surface area (Å²) in [6.07, 6.45) is 57.5. The van der Waals surface area contributed by atoms with Crippen molar-refractivity contribution in [2.75, 3.05) is 13.2 Å². The SMILES string of the molecule is CC/C=C\C/C=C\C/C=C\CCCCCCCCCCCC(=O)OCC(COC(=O)CCCCCC/C=C\CCCC)OC(=O)CCCCC/C=C\C=C/CCCC. The Morgan fingerprint density at radius 3 is 1.21 bits per heavy atom. The van der Waals surface area contributed by atoms with E-state index < -0.39 is 6.10 Å². The monoisotopic (exact) mass is 809 g/mol. The second kappa shape index (κ2) is 46.5. The van der Waals surface area contributed by atoms with E-state index in [4.69, 9.17) is 14.2 Å². The van der Waals surface area contributed by atoms with Gasteiger partial charge in [0.25, 0.3) is 0 Å². The Bertz CT molecular complexity index is 1110. The first kappa shape index (κ1) is 54.9. The minimum atomic E-state index is -0.793. The van der Waals surface area contributed by atoms with Crippen molar-refractivity contribution in [1.82, 2.24) is 0 Å². The van der Waals surface area contributed by atoms with Crippen molar-refractivity contribution in [1.29, 1.82) is 0 Å². The first-order chi connectivity index (χ1) is 28.5. The summed E-state index contributed by atoms with van der Waals surface area (Å²) in [7, 11) is 0. The maximum Gasteiger partial charge on any atom is 0.306 e. The van der Waals surface area contributed by atoms with E-state index in [0.29, 0.717) is 19.3 Å². The van der Waals surface area contributed by atoms with Crippen LogP contribution in [0.5, 0.6) is 0 Å². The molecule has 0 rings (SSSR count). The summed E-state index contributed by atoms with van der Waals surface area (Å²) in [6.45, 7) is 6.38. The number of hydrogen-bond acceptors (Lipinski definition) is 6. The number of carbonyl (C=O) groups excluding carboxylic acids is 3. The normalized spacial score (nSPS) is 12.7. The Hall–Kier alpha value is -3.15. The topological polar surface area (TPSA) is 78.9 Å². The van der Waals surface area contributed by atoms with Gasteiger partial charge >= 0.3 is 17.9 Å². The molecule has 0 aromatic rings. The highest BCUT2D eigenvalue weighted by molar-refractivity contribution is 5.71. The average molecular weight is 809 g/mol. The number of rotatable bonds is 42. The third-order valence-corrected chi connectivity index (χ3v) is 9.94. The highest BCUT2D eigenvalue weighted by atomic mass is 16.6. The molecule has 0 spiro atoms. The van der Waals surface area contributed by atoms with Crippen LogP contribution in [-0.2, 0) is 28.6 Å². The molecule has 0 radical (unpaired) electrons. The van der Waals surface area contributed by atoms with Gasteiger partial charge in [-0.15, -0.1) is 0 Å². The Morgan fingerprint density at radius 1 is 0.379 bits per heavy atom. The number of esters is 3. The maximum atomic E-state index is 12.7. The molecule has 0 saturated heterocycles. The first-order valence-corrected chi connectivity index (χ1v) is 24.0. The Labute approximate surface area is 357 Å². The molecule has 6 nitrogen and oxygen atoms in total.